The largest absolute Gasteiger partial charge is 0.502 e. The van der Waals surface area contributed by atoms with Crippen molar-refractivity contribution < 1.29 is 28.5 Å². The number of carbonyl (C=O) groups excluding carboxylic acids is 1. The van der Waals surface area contributed by atoms with Gasteiger partial charge in [0.05, 0.1) is 31.8 Å². The van der Waals surface area contributed by atoms with Crippen molar-refractivity contribution in [1.82, 2.24) is 9.47 Å². The number of nitrogens with zero attached hydrogens (tertiary/aromatic N) is 2. The summed E-state index contributed by atoms with van der Waals surface area (Å²) in [6, 6.07) is 8.10. The highest BCUT2D eigenvalue weighted by atomic mass is 16.5. The van der Waals surface area contributed by atoms with Gasteiger partial charge in [0.25, 0.3) is 5.56 Å². The SMILES string of the molecule is COCc1cc(=O)c(O)c([C@@H](CC(=O)N2CCOCC2)c2cc3ccc(OC)cc3n(C)c2=O)o1. The van der Waals surface area contributed by atoms with Crippen LogP contribution < -0.4 is 15.7 Å². The summed E-state index contributed by atoms with van der Waals surface area (Å²) in [5, 5.41) is 11.4. The second kappa shape index (κ2) is 10.3. The molecule has 0 saturated carbocycles. The second-order valence-electron chi connectivity index (χ2n) is 8.36. The van der Waals surface area contributed by atoms with Crippen LogP contribution in [0.25, 0.3) is 10.9 Å². The molecule has 0 aliphatic carbocycles. The normalized spacial score (nSPS) is 14.8. The molecule has 1 fully saturated rings. The highest BCUT2D eigenvalue weighted by Crippen LogP contribution is 2.34. The van der Waals surface area contributed by atoms with Crippen molar-refractivity contribution in [3.05, 3.63) is 68.0 Å². The Morgan fingerprint density at radius 3 is 2.57 bits per heavy atom. The van der Waals surface area contributed by atoms with Gasteiger partial charge >= 0.3 is 0 Å². The molecule has 4 rings (SSSR count). The number of amides is 1. The first-order valence-electron chi connectivity index (χ1n) is 11.2. The van der Waals surface area contributed by atoms with Crippen molar-refractivity contribution >= 4 is 16.8 Å². The van der Waals surface area contributed by atoms with Gasteiger partial charge in [-0.05, 0) is 23.6 Å². The number of hydrogen-bond donors (Lipinski definition) is 1. The van der Waals surface area contributed by atoms with E-state index in [4.69, 9.17) is 18.6 Å². The Balaban J connectivity index is 1.89. The lowest BCUT2D eigenvalue weighted by Gasteiger charge is -2.28. The first-order valence-corrected chi connectivity index (χ1v) is 11.2. The van der Waals surface area contributed by atoms with E-state index in [1.165, 1.54) is 11.7 Å². The lowest BCUT2D eigenvalue weighted by molar-refractivity contribution is -0.135. The summed E-state index contributed by atoms with van der Waals surface area (Å²) in [5.41, 5.74) is -0.204. The van der Waals surface area contributed by atoms with Crippen LogP contribution in [0.15, 0.2) is 44.3 Å². The van der Waals surface area contributed by atoms with Crippen molar-refractivity contribution in [2.75, 3.05) is 40.5 Å². The van der Waals surface area contributed by atoms with Gasteiger partial charge in [-0.3, -0.25) is 14.4 Å². The molecule has 1 amide bonds. The number of morpholine rings is 1. The first kappa shape index (κ1) is 24.5. The lowest BCUT2D eigenvalue weighted by atomic mass is 9.91. The molecule has 1 saturated heterocycles. The predicted octanol–water partition coefficient (Wildman–Crippen LogP) is 1.73. The number of pyridine rings is 1. The third-order valence-electron chi connectivity index (χ3n) is 6.18. The number of hydrogen-bond acceptors (Lipinski definition) is 8. The van der Waals surface area contributed by atoms with Gasteiger partial charge in [0.2, 0.25) is 17.1 Å². The average molecular weight is 485 g/mol. The maximum atomic E-state index is 13.5. The number of ether oxygens (including phenoxy) is 3. The number of methoxy groups -OCH3 is 2. The van der Waals surface area contributed by atoms with Gasteiger partial charge in [-0.1, -0.05) is 0 Å². The van der Waals surface area contributed by atoms with E-state index in [1.54, 1.807) is 43.3 Å². The van der Waals surface area contributed by atoms with Crippen LogP contribution in [0.1, 0.15) is 29.4 Å². The molecular weight excluding hydrogens is 456 g/mol. The minimum atomic E-state index is -1.000. The molecule has 1 aliphatic rings. The summed E-state index contributed by atoms with van der Waals surface area (Å²) < 4.78 is 23.0. The van der Waals surface area contributed by atoms with Gasteiger partial charge < -0.3 is 33.2 Å². The molecule has 0 bridgehead atoms. The fourth-order valence-corrected chi connectivity index (χ4v) is 4.31. The van der Waals surface area contributed by atoms with E-state index in [0.717, 1.165) is 11.5 Å². The Labute approximate surface area is 201 Å². The number of carbonyl (C=O) groups is 1. The summed E-state index contributed by atoms with van der Waals surface area (Å²) >= 11 is 0. The van der Waals surface area contributed by atoms with Gasteiger partial charge in [0.1, 0.15) is 18.1 Å². The zero-order valence-corrected chi connectivity index (χ0v) is 19.9. The molecule has 10 heteroatoms. The van der Waals surface area contributed by atoms with E-state index in [-0.39, 0.29) is 41.6 Å². The number of fused-ring (bicyclic) bond motifs is 1. The lowest BCUT2D eigenvalue weighted by Crippen LogP contribution is -2.41. The maximum absolute atomic E-state index is 13.5. The van der Waals surface area contributed by atoms with E-state index >= 15 is 0 Å². The van der Waals surface area contributed by atoms with E-state index in [0.29, 0.717) is 37.6 Å². The van der Waals surface area contributed by atoms with E-state index in [1.807, 2.05) is 0 Å². The standard InChI is InChI=1S/C25H28N2O8/c1-26-20-11-16(33-3)5-4-15(20)10-19(25(26)31)18(13-22(29)27-6-8-34-9-7-27)24-23(30)21(28)12-17(35-24)14-32-2/h4-5,10-12,18,30H,6-9,13-14H2,1-3H3/t18-/m0/s1. The Bertz CT molecular complexity index is 1350. The second-order valence-corrected chi connectivity index (χ2v) is 8.36. The summed E-state index contributed by atoms with van der Waals surface area (Å²) in [7, 11) is 4.60. The smallest absolute Gasteiger partial charge is 0.254 e. The highest BCUT2D eigenvalue weighted by Gasteiger charge is 2.31. The predicted molar refractivity (Wildman–Crippen MR) is 127 cm³/mol. The molecule has 0 spiro atoms. The third kappa shape index (κ3) is 4.94. The quantitative estimate of drug-likeness (QED) is 0.538. The first-order chi connectivity index (χ1) is 16.8. The Kier molecular flexibility index (Phi) is 7.23. The average Bonchev–Trinajstić information content (AvgIpc) is 2.87. The van der Waals surface area contributed by atoms with Crippen LogP contribution in [0, 0.1) is 0 Å². The Morgan fingerprint density at radius 2 is 1.89 bits per heavy atom. The number of aromatic nitrogens is 1. The summed E-state index contributed by atoms with van der Waals surface area (Å²) in [4.78, 5) is 40.9. The highest BCUT2D eigenvalue weighted by molar-refractivity contribution is 5.82. The van der Waals surface area contributed by atoms with Crippen molar-refractivity contribution in [2.24, 2.45) is 7.05 Å². The summed E-state index contributed by atoms with van der Waals surface area (Å²) in [6.45, 7) is 1.66. The van der Waals surface area contributed by atoms with Gasteiger partial charge in [0, 0.05) is 51.4 Å². The van der Waals surface area contributed by atoms with E-state index < -0.39 is 17.1 Å². The third-order valence-corrected chi connectivity index (χ3v) is 6.18. The fraction of sp³-hybridized carbons (Fsp3) is 0.400. The number of aryl methyl sites for hydroxylation is 1. The molecule has 3 heterocycles. The van der Waals surface area contributed by atoms with Crippen LogP contribution in [0.5, 0.6) is 11.5 Å². The fourth-order valence-electron chi connectivity index (χ4n) is 4.31. The monoisotopic (exact) mass is 484 g/mol. The van der Waals surface area contributed by atoms with Crippen LogP contribution in [-0.4, -0.2) is 61.0 Å². The number of benzene rings is 1. The summed E-state index contributed by atoms with van der Waals surface area (Å²) in [5.74, 6) is -1.25. The molecule has 1 aliphatic heterocycles. The molecule has 0 radical (unpaired) electrons. The number of rotatable bonds is 7. The van der Waals surface area contributed by atoms with Gasteiger partial charge in [-0.25, -0.2) is 0 Å². The molecule has 186 valence electrons. The zero-order chi connectivity index (χ0) is 25.1. The maximum Gasteiger partial charge on any atom is 0.254 e. The molecule has 2 aromatic heterocycles. The van der Waals surface area contributed by atoms with E-state index in [9.17, 15) is 19.5 Å². The number of aromatic hydroxyl groups is 1. The van der Waals surface area contributed by atoms with Crippen LogP contribution in [-0.2, 0) is 27.9 Å². The van der Waals surface area contributed by atoms with Crippen LogP contribution >= 0.6 is 0 Å². The van der Waals surface area contributed by atoms with Crippen molar-refractivity contribution in [3.63, 3.8) is 0 Å². The van der Waals surface area contributed by atoms with Gasteiger partial charge in [-0.2, -0.15) is 0 Å². The molecule has 3 aromatic rings. The molecule has 1 N–H and O–H groups in total. The van der Waals surface area contributed by atoms with Crippen molar-refractivity contribution in [1.29, 1.82) is 0 Å². The van der Waals surface area contributed by atoms with Crippen molar-refractivity contribution in [3.8, 4) is 11.5 Å². The van der Waals surface area contributed by atoms with Crippen LogP contribution in [0.2, 0.25) is 0 Å². The van der Waals surface area contributed by atoms with Gasteiger partial charge in [-0.15, -0.1) is 0 Å². The molecule has 0 unspecified atom stereocenters. The topological polar surface area (TPSA) is 120 Å². The molecule has 1 aromatic carbocycles. The van der Waals surface area contributed by atoms with Crippen molar-refractivity contribution in [2.45, 2.75) is 18.9 Å². The van der Waals surface area contributed by atoms with Crippen LogP contribution in [0.4, 0.5) is 0 Å². The molecular formula is C25H28N2O8. The Hall–Kier alpha value is -3.63. The molecule has 1 atom stereocenters. The summed E-state index contributed by atoms with van der Waals surface area (Å²) in [6.07, 6.45) is -0.177. The van der Waals surface area contributed by atoms with Gasteiger partial charge in [0.15, 0.2) is 5.76 Å². The molecule has 35 heavy (non-hydrogen) atoms. The Morgan fingerprint density at radius 1 is 1.14 bits per heavy atom. The van der Waals surface area contributed by atoms with Crippen LogP contribution in [0.3, 0.4) is 0 Å². The molecule has 10 nitrogen and oxygen atoms in total. The van der Waals surface area contributed by atoms with E-state index in [2.05, 4.69) is 0 Å². The zero-order valence-electron chi connectivity index (χ0n) is 19.9. The minimum Gasteiger partial charge on any atom is -0.502 e. The minimum absolute atomic E-state index is 0.0117.